The number of carbonyl (C=O) groups is 1. The van der Waals surface area contributed by atoms with Gasteiger partial charge in [-0.25, -0.2) is 4.79 Å². The molecule has 0 spiro atoms. The minimum atomic E-state index is -1.12. The maximum atomic E-state index is 11.4. The van der Waals surface area contributed by atoms with Crippen LogP contribution in [0.2, 0.25) is 0 Å². The van der Waals surface area contributed by atoms with E-state index >= 15 is 0 Å². The molecule has 8 heteroatoms. The SMILES string of the molecule is Cc1nn(C(=O)O)c2ccc(-c3cncc(OC(CO)Cc4c[nH]c5ccccc45)c3)cc12. The van der Waals surface area contributed by atoms with Gasteiger partial charge in [0.05, 0.1) is 24.0 Å². The van der Waals surface area contributed by atoms with Crippen molar-refractivity contribution in [3.05, 3.63) is 78.4 Å². The van der Waals surface area contributed by atoms with Crippen LogP contribution in [0.5, 0.6) is 5.75 Å². The van der Waals surface area contributed by atoms with E-state index in [1.807, 2.05) is 48.7 Å². The smallest absolute Gasteiger partial charge is 0.432 e. The second kappa shape index (κ2) is 8.40. The van der Waals surface area contributed by atoms with Crippen molar-refractivity contribution in [1.82, 2.24) is 19.7 Å². The third kappa shape index (κ3) is 3.92. The fourth-order valence-corrected chi connectivity index (χ4v) is 4.12. The van der Waals surface area contributed by atoms with Gasteiger partial charge < -0.3 is 19.9 Å². The van der Waals surface area contributed by atoms with E-state index in [1.54, 1.807) is 25.4 Å². The van der Waals surface area contributed by atoms with E-state index in [2.05, 4.69) is 15.1 Å². The molecule has 3 heterocycles. The number of benzene rings is 2. The van der Waals surface area contributed by atoms with Gasteiger partial charge >= 0.3 is 6.09 Å². The molecule has 3 N–H and O–H groups in total. The number of aryl methyl sites for hydroxylation is 1. The quantitative estimate of drug-likeness (QED) is 0.359. The molecule has 0 aliphatic carbocycles. The summed E-state index contributed by atoms with van der Waals surface area (Å²) in [6.07, 6.45) is 4.28. The van der Waals surface area contributed by atoms with Gasteiger partial charge in [0.25, 0.3) is 0 Å². The van der Waals surface area contributed by atoms with Gasteiger partial charge in [-0.15, -0.1) is 0 Å². The number of H-pyrrole nitrogens is 1. The van der Waals surface area contributed by atoms with Gasteiger partial charge in [0.15, 0.2) is 0 Å². The first kappa shape index (κ1) is 20.7. The monoisotopic (exact) mass is 442 g/mol. The zero-order valence-corrected chi connectivity index (χ0v) is 17.9. The molecule has 8 nitrogen and oxygen atoms in total. The van der Waals surface area contributed by atoms with E-state index in [1.165, 1.54) is 0 Å². The molecule has 1 atom stereocenters. The standard InChI is InChI=1S/C25H22N4O4/c1-15-22-10-16(6-7-24(22)29(28-15)25(31)32)17-8-19(13-26-11-17)33-20(14-30)9-18-12-27-23-5-3-2-4-21(18)23/h2-8,10-13,20,27,30H,9,14H2,1H3,(H,31,32). The van der Waals surface area contributed by atoms with Gasteiger partial charge in [0, 0.05) is 40.7 Å². The van der Waals surface area contributed by atoms with Crippen LogP contribution < -0.4 is 4.74 Å². The number of hydrogen-bond donors (Lipinski definition) is 3. The number of nitrogens with zero attached hydrogens (tertiary/aromatic N) is 3. The first-order valence-corrected chi connectivity index (χ1v) is 10.5. The Labute approximate surface area is 189 Å². The predicted octanol–water partition coefficient (Wildman–Crippen LogP) is 4.40. The van der Waals surface area contributed by atoms with Crippen molar-refractivity contribution in [3.63, 3.8) is 0 Å². The molecule has 3 aromatic heterocycles. The molecule has 0 saturated carbocycles. The van der Waals surface area contributed by atoms with E-state index in [0.717, 1.165) is 37.7 Å². The highest BCUT2D eigenvalue weighted by Crippen LogP contribution is 2.29. The lowest BCUT2D eigenvalue weighted by molar-refractivity contribution is 0.115. The fraction of sp³-hybridized carbons (Fsp3) is 0.160. The van der Waals surface area contributed by atoms with Gasteiger partial charge in [-0.1, -0.05) is 24.3 Å². The van der Waals surface area contributed by atoms with Crippen molar-refractivity contribution in [3.8, 4) is 16.9 Å². The zero-order valence-electron chi connectivity index (χ0n) is 17.9. The lowest BCUT2D eigenvalue weighted by Gasteiger charge is -2.17. The highest BCUT2D eigenvalue weighted by Gasteiger charge is 2.16. The predicted molar refractivity (Wildman–Crippen MR) is 125 cm³/mol. The van der Waals surface area contributed by atoms with Crippen molar-refractivity contribution in [2.45, 2.75) is 19.4 Å². The average molecular weight is 442 g/mol. The van der Waals surface area contributed by atoms with Crippen LogP contribution in [0.4, 0.5) is 4.79 Å². The van der Waals surface area contributed by atoms with Crippen LogP contribution in [0.25, 0.3) is 32.9 Å². The topological polar surface area (TPSA) is 113 Å². The number of para-hydroxylation sites is 1. The van der Waals surface area contributed by atoms with Crippen LogP contribution in [0.3, 0.4) is 0 Å². The molecule has 166 valence electrons. The minimum Gasteiger partial charge on any atom is -0.486 e. The summed E-state index contributed by atoms with van der Waals surface area (Å²) in [6.45, 7) is 1.64. The van der Waals surface area contributed by atoms with E-state index in [9.17, 15) is 15.0 Å². The van der Waals surface area contributed by atoms with Gasteiger partial charge in [-0.2, -0.15) is 9.78 Å². The second-order valence-electron chi connectivity index (χ2n) is 7.91. The van der Waals surface area contributed by atoms with Crippen LogP contribution in [-0.4, -0.2) is 48.8 Å². The maximum Gasteiger partial charge on any atom is 0.432 e. The largest absolute Gasteiger partial charge is 0.486 e. The molecule has 5 aromatic rings. The molecular weight excluding hydrogens is 420 g/mol. The number of rotatable bonds is 6. The number of carboxylic acid groups (broad SMARTS) is 1. The van der Waals surface area contributed by atoms with Gasteiger partial charge in [0.1, 0.15) is 11.9 Å². The third-order valence-corrected chi connectivity index (χ3v) is 5.72. The summed E-state index contributed by atoms with van der Waals surface area (Å²) in [5.41, 5.74) is 4.97. The van der Waals surface area contributed by atoms with E-state index in [0.29, 0.717) is 23.4 Å². The zero-order chi connectivity index (χ0) is 22.9. The van der Waals surface area contributed by atoms with Crippen LogP contribution in [0.15, 0.2) is 67.1 Å². The molecule has 2 aromatic carbocycles. The second-order valence-corrected chi connectivity index (χ2v) is 7.91. The summed E-state index contributed by atoms with van der Waals surface area (Å²) in [5.74, 6) is 0.546. The van der Waals surface area contributed by atoms with Crippen molar-refractivity contribution >= 4 is 27.9 Å². The van der Waals surface area contributed by atoms with Gasteiger partial charge in [-0.05, 0) is 42.3 Å². The number of aliphatic hydroxyl groups is 1. The summed E-state index contributed by atoms with van der Waals surface area (Å²) in [6, 6.07) is 15.4. The normalized spacial score (nSPS) is 12.3. The summed E-state index contributed by atoms with van der Waals surface area (Å²) >= 11 is 0. The van der Waals surface area contributed by atoms with E-state index in [-0.39, 0.29) is 6.61 Å². The molecule has 5 rings (SSSR count). The Bertz CT molecular complexity index is 1470. The number of aromatic nitrogens is 4. The Morgan fingerprint density at radius 3 is 2.79 bits per heavy atom. The molecule has 0 fully saturated rings. The van der Waals surface area contributed by atoms with Gasteiger partial charge in [-0.3, -0.25) is 4.98 Å². The first-order chi connectivity index (χ1) is 16.0. The highest BCUT2D eigenvalue weighted by molar-refractivity contribution is 5.92. The number of aliphatic hydroxyl groups excluding tert-OH is 1. The van der Waals surface area contributed by atoms with E-state index < -0.39 is 12.2 Å². The van der Waals surface area contributed by atoms with Crippen LogP contribution in [0.1, 0.15) is 11.3 Å². The Hall–Kier alpha value is -4.17. The number of pyridine rings is 1. The molecular formula is C25H22N4O4. The number of aromatic amines is 1. The van der Waals surface area contributed by atoms with Gasteiger partial charge in [0.2, 0.25) is 0 Å². The molecule has 0 aliphatic rings. The number of hydrogen-bond acceptors (Lipinski definition) is 5. The Balaban J connectivity index is 1.40. The minimum absolute atomic E-state index is 0.136. The molecule has 0 saturated heterocycles. The number of ether oxygens (including phenoxy) is 1. The van der Waals surface area contributed by atoms with Crippen molar-refractivity contribution in [1.29, 1.82) is 0 Å². The van der Waals surface area contributed by atoms with E-state index in [4.69, 9.17) is 4.74 Å². The summed E-state index contributed by atoms with van der Waals surface area (Å²) in [5, 5.41) is 25.2. The summed E-state index contributed by atoms with van der Waals surface area (Å²) < 4.78 is 7.05. The molecule has 0 radical (unpaired) electrons. The number of fused-ring (bicyclic) bond motifs is 2. The Morgan fingerprint density at radius 1 is 1.12 bits per heavy atom. The molecule has 0 bridgehead atoms. The lowest BCUT2D eigenvalue weighted by atomic mass is 10.0. The Kier molecular flexibility index (Phi) is 5.27. The van der Waals surface area contributed by atoms with Crippen LogP contribution >= 0.6 is 0 Å². The molecule has 1 unspecified atom stereocenters. The van der Waals surface area contributed by atoms with Crippen LogP contribution in [-0.2, 0) is 6.42 Å². The lowest BCUT2D eigenvalue weighted by Crippen LogP contribution is -2.23. The van der Waals surface area contributed by atoms with Crippen molar-refractivity contribution in [2.75, 3.05) is 6.61 Å². The highest BCUT2D eigenvalue weighted by atomic mass is 16.5. The van der Waals surface area contributed by atoms with Crippen molar-refractivity contribution < 1.29 is 19.7 Å². The molecule has 0 amide bonds. The first-order valence-electron chi connectivity index (χ1n) is 10.5. The van der Waals surface area contributed by atoms with Crippen LogP contribution in [0, 0.1) is 6.92 Å². The van der Waals surface area contributed by atoms with Crippen molar-refractivity contribution in [2.24, 2.45) is 0 Å². The fourth-order valence-electron chi connectivity index (χ4n) is 4.12. The number of nitrogens with one attached hydrogen (secondary N) is 1. The summed E-state index contributed by atoms with van der Waals surface area (Å²) in [7, 11) is 0. The summed E-state index contributed by atoms with van der Waals surface area (Å²) in [4.78, 5) is 18.9. The molecule has 0 aliphatic heterocycles. The average Bonchev–Trinajstić information content (AvgIpc) is 3.39. The third-order valence-electron chi connectivity index (χ3n) is 5.72. The Morgan fingerprint density at radius 2 is 1.97 bits per heavy atom. The molecule has 33 heavy (non-hydrogen) atoms. The maximum absolute atomic E-state index is 11.4.